The molecule has 0 N–H and O–H groups in total. The summed E-state index contributed by atoms with van der Waals surface area (Å²) in [6, 6.07) is 0. The van der Waals surface area contributed by atoms with Crippen LogP contribution in [-0.4, -0.2) is 23.1 Å². The Kier molecular flexibility index (Phi) is 140. The summed E-state index contributed by atoms with van der Waals surface area (Å²) < 4.78 is 0. The van der Waals surface area contributed by atoms with Gasteiger partial charge in [0.25, 0.3) is 0 Å². The van der Waals surface area contributed by atoms with Crippen LogP contribution in [0.15, 0.2) is 0 Å². The van der Waals surface area contributed by atoms with Crippen molar-refractivity contribution in [1.29, 1.82) is 0 Å². The predicted molar refractivity (Wildman–Crippen MR) is 8.54 cm³/mol. The van der Waals surface area contributed by atoms with Crippen molar-refractivity contribution in [1.82, 2.24) is 0 Å². The molecular weight excluding hydrogens is 183 g/mol. The third-order valence-electron chi connectivity index (χ3n) is 0. The molecule has 0 heterocycles. The van der Waals surface area contributed by atoms with Crippen molar-refractivity contribution in [2.75, 3.05) is 0 Å². The molecule has 0 saturated carbocycles. The van der Waals surface area contributed by atoms with Crippen LogP contribution in [0.2, 0.25) is 0 Å². The fourth-order valence-corrected chi connectivity index (χ4v) is 0. The first-order valence-corrected chi connectivity index (χ1v) is 0. The number of hydrogen-bond acceptors (Lipinski definition) is 0. The van der Waals surface area contributed by atoms with Crippen molar-refractivity contribution in [3.05, 3.63) is 0 Å². The van der Waals surface area contributed by atoms with Crippen LogP contribution >= 0.6 is 0 Å². The molecule has 0 nitrogen and oxygen atoms in total. The van der Waals surface area contributed by atoms with Crippen molar-refractivity contribution in [2.24, 2.45) is 0 Å². The first-order chi connectivity index (χ1) is 0. The molecule has 4 heteroatoms. The van der Waals surface area contributed by atoms with Gasteiger partial charge in [-0.05, 0) is 0 Å². The minimum absolute atomic E-state index is 0. The van der Waals surface area contributed by atoms with E-state index in [0.29, 0.717) is 0 Å². The van der Waals surface area contributed by atoms with E-state index in [0.717, 1.165) is 0 Å². The monoisotopic (exact) mass is 184 g/mol. The van der Waals surface area contributed by atoms with Crippen LogP contribution in [0.1, 0.15) is 0 Å². The fourth-order valence-electron chi connectivity index (χ4n) is 0. The Bertz CT molecular complexity index is 8.00. The van der Waals surface area contributed by atoms with Crippen LogP contribution in [0.25, 0.3) is 0 Å². The SMILES string of the molecule is [Cr].[MgH2].[Ni].[Ti]. The smallest absolute Gasteiger partial charge is 0 e. The summed E-state index contributed by atoms with van der Waals surface area (Å²) in [5.41, 5.74) is 0. The largest absolute Gasteiger partial charge is 0.316 e. The molecule has 0 aromatic heterocycles. The van der Waals surface area contributed by atoms with Crippen LogP contribution < -0.4 is 0 Å². The molecule has 0 radical (unpaired) electrons. The molecule has 0 aromatic rings. The van der Waals surface area contributed by atoms with Gasteiger partial charge in [0.2, 0.25) is 0 Å². The average Bonchev–Trinajstić information content (AvgIpc) is 0. The summed E-state index contributed by atoms with van der Waals surface area (Å²) in [6.45, 7) is 0. The quantitative estimate of drug-likeness (QED) is 0.428. The second-order valence-corrected chi connectivity index (χ2v) is 0. The predicted octanol–water partition coefficient (Wildman–Crippen LogP) is -0.924. The van der Waals surface area contributed by atoms with Crippen LogP contribution in [0.3, 0.4) is 0 Å². The first kappa shape index (κ1) is 31.4. The van der Waals surface area contributed by atoms with Gasteiger partial charge in [-0.25, -0.2) is 0 Å². The maximum Gasteiger partial charge on any atom is 0.316 e. The van der Waals surface area contributed by atoms with Gasteiger partial charge in [0.15, 0.2) is 0 Å². The van der Waals surface area contributed by atoms with E-state index in [1.165, 1.54) is 0 Å². The summed E-state index contributed by atoms with van der Waals surface area (Å²) >= 11 is 0. The number of hydrogen-bond donors (Lipinski definition) is 0. The molecule has 0 fully saturated rings. The normalized spacial score (nSPS) is 0. The topological polar surface area (TPSA) is 0 Å². The molecule has 0 aliphatic heterocycles. The summed E-state index contributed by atoms with van der Waals surface area (Å²) in [6.07, 6.45) is 0. The van der Waals surface area contributed by atoms with Crippen molar-refractivity contribution >= 4 is 23.1 Å². The van der Waals surface area contributed by atoms with Crippen molar-refractivity contribution in [2.45, 2.75) is 0 Å². The van der Waals surface area contributed by atoms with E-state index >= 15 is 0 Å². The van der Waals surface area contributed by atoms with Crippen molar-refractivity contribution in [3.8, 4) is 0 Å². The van der Waals surface area contributed by atoms with E-state index in [2.05, 4.69) is 0 Å². The van der Waals surface area contributed by atoms with E-state index < -0.39 is 0 Å². The third kappa shape index (κ3) is 8.82. The molecule has 0 saturated heterocycles. The van der Waals surface area contributed by atoms with Gasteiger partial charge in [-0.15, -0.1) is 0 Å². The molecule has 0 rings (SSSR count). The molecule has 0 bridgehead atoms. The molecule has 0 unspecified atom stereocenters. The Labute approximate surface area is 77.6 Å². The van der Waals surface area contributed by atoms with Gasteiger partial charge in [0, 0.05) is 55.6 Å². The third-order valence-corrected chi connectivity index (χ3v) is 0. The average molecular weight is 185 g/mol. The molecule has 0 aromatic carbocycles. The van der Waals surface area contributed by atoms with Gasteiger partial charge in [-0.1, -0.05) is 0 Å². The van der Waals surface area contributed by atoms with Crippen LogP contribution in [-0.2, 0) is 55.6 Å². The molecule has 24 valence electrons. The second-order valence-electron chi connectivity index (χ2n) is 0. The molecule has 0 atom stereocenters. The summed E-state index contributed by atoms with van der Waals surface area (Å²) in [5.74, 6) is 0. The maximum atomic E-state index is 0. The second kappa shape index (κ2) is 17.8. The van der Waals surface area contributed by atoms with Gasteiger partial charge >= 0.3 is 23.1 Å². The van der Waals surface area contributed by atoms with E-state index in [9.17, 15) is 0 Å². The maximum absolute atomic E-state index is 0. The van der Waals surface area contributed by atoms with Crippen LogP contribution in [0.5, 0.6) is 0 Å². The van der Waals surface area contributed by atoms with Gasteiger partial charge in [0.05, 0.1) is 0 Å². The molecule has 0 amide bonds. The Morgan fingerprint density at radius 3 is 1.00 bits per heavy atom. The zero-order valence-corrected chi connectivity index (χ0v) is 5.05. The Morgan fingerprint density at radius 1 is 1.00 bits per heavy atom. The van der Waals surface area contributed by atoms with Gasteiger partial charge in [-0.2, -0.15) is 0 Å². The number of rotatable bonds is 0. The zero-order valence-electron chi connectivity index (χ0n) is 1.22. The van der Waals surface area contributed by atoms with Gasteiger partial charge < -0.3 is 0 Å². The summed E-state index contributed by atoms with van der Waals surface area (Å²) in [4.78, 5) is 0. The van der Waals surface area contributed by atoms with Crippen molar-refractivity contribution < 1.29 is 55.6 Å². The Balaban J connectivity index is 0. The van der Waals surface area contributed by atoms with Crippen LogP contribution in [0.4, 0.5) is 0 Å². The molecular formula is H2CrMgNiTi. The van der Waals surface area contributed by atoms with E-state index in [1.807, 2.05) is 0 Å². The summed E-state index contributed by atoms with van der Waals surface area (Å²) in [5, 5.41) is 0. The fraction of sp³-hybridized carbons (Fsp3) is 0. The summed E-state index contributed by atoms with van der Waals surface area (Å²) in [7, 11) is 0. The standard InChI is InChI=1S/Cr.Mg.Ni.Ti.2H. The Hall–Kier alpha value is 2.51. The van der Waals surface area contributed by atoms with E-state index in [4.69, 9.17) is 0 Å². The first-order valence-electron chi connectivity index (χ1n) is 0. The molecule has 4 heavy (non-hydrogen) atoms. The molecule has 0 aliphatic rings. The Morgan fingerprint density at radius 2 is 1.00 bits per heavy atom. The van der Waals surface area contributed by atoms with E-state index in [-0.39, 0.29) is 78.6 Å². The van der Waals surface area contributed by atoms with Gasteiger partial charge in [-0.3, -0.25) is 0 Å². The molecule has 0 spiro atoms. The minimum atomic E-state index is 0. The van der Waals surface area contributed by atoms with Gasteiger partial charge in [0.1, 0.15) is 0 Å². The van der Waals surface area contributed by atoms with Crippen LogP contribution in [0, 0.1) is 0 Å². The van der Waals surface area contributed by atoms with Crippen molar-refractivity contribution in [3.63, 3.8) is 0 Å². The zero-order chi connectivity index (χ0) is 0. The van der Waals surface area contributed by atoms with E-state index in [1.54, 1.807) is 0 Å². The minimum Gasteiger partial charge on any atom is 0 e. The molecule has 0 aliphatic carbocycles.